The topological polar surface area (TPSA) is 89.7 Å². The number of hydrogen-bond acceptors (Lipinski definition) is 4. The average molecular weight is 310 g/mol. The number of nitrogens with zero attached hydrogens (tertiary/aromatic N) is 1. The first-order valence-corrected chi connectivity index (χ1v) is 7.01. The van der Waals surface area contributed by atoms with Crippen molar-refractivity contribution in [3.8, 4) is 5.75 Å². The van der Waals surface area contributed by atoms with Gasteiger partial charge in [0, 0.05) is 0 Å². The van der Waals surface area contributed by atoms with Crippen LogP contribution in [0.2, 0.25) is 0 Å². The zero-order valence-corrected chi connectivity index (χ0v) is 12.2. The Morgan fingerprint density at radius 1 is 1.00 bits per heavy atom. The molecule has 23 heavy (non-hydrogen) atoms. The fourth-order valence-electron chi connectivity index (χ4n) is 2.45. The lowest BCUT2D eigenvalue weighted by atomic mass is 10.1. The van der Waals surface area contributed by atoms with E-state index in [2.05, 4.69) is 0 Å². The second kappa shape index (κ2) is 5.92. The summed E-state index contributed by atoms with van der Waals surface area (Å²) in [5, 5.41) is 0. The molecule has 0 aromatic heterocycles. The molecule has 0 spiro atoms. The standard InChI is InChI=1S/C17H14N2O4/c18-15(20)10-23-12-5-3-4-11(8-12)9-19-16(21)13-6-1-2-7-14(13)17(19)22/h1-8H,9-10H2,(H2,18,20). The molecule has 2 aromatic carbocycles. The summed E-state index contributed by atoms with van der Waals surface area (Å²) in [4.78, 5) is 36.6. The molecular weight excluding hydrogens is 296 g/mol. The number of hydrogen-bond donors (Lipinski definition) is 1. The maximum Gasteiger partial charge on any atom is 0.261 e. The number of nitrogens with two attached hydrogens (primary N) is 1. The normalized spacial score (nSPS) is 13.1. The minimum absolute atomic E-state index is 0.139. The van der Waals surface area contributed by atoms with Crippen LogP contribution in [0.4, 0.5) is 0 Å². The van der Waals surface area contributed by atoms with Gasteiger partial charge in [-0.25, -0.2) is 0 Å². The van der Waals surface area contributed by atoms with Crippen molar-refractivity contribution < 1.29 is 19.1 Å². The van der Waals surface area contributed by atoms with Crippen LogP contribution in [0.25, 0.3) is 0 Å². The van der Waals surface area contributed by atoms with Gasteiger partial charge < -0.3 is 10.5 Å². The number of rotatable bonds is 5. The third-order valence-corrected chi connectivity index (χ3v) is 3.50. The fourth-order valence-corrected chi connectivity index (χ4v) is 2.45. The lowest BCUT2D eigenvalue weighted by Crippen LogP contribution is -2.29. The van der Waals surface area contributed by atoms with Crippen LogP contribution in [0.1, 0.15) is 26.3 Å². The highest BCUT2D eigenvalue weighted by atomic mass is 16.5. The third kappa shape index (κ3) is 2.91. The van der Waals surface area contributed by atoms with E-state index in [1.165, 1.54) is 4.90 Å². The summed E-state index contributed by atoms with van der Waals surface area (Å²) in [6.07, 6.45) is 0. The van der Waals surface area contributed by atoms with Gasteiger partial charge in [-0.2, -0.15) is 0 Å². The molecule has 2 N–H and O–H groups in total. The predicted molar refractivity (Wildman–Crippen MR) is 81.8 cm³/mol. The third-order valence-electron chi connectivity index (χ3n) is 3.50. The summed E-state index contributed by atoms with van der Waals surface area (Å²) in [7, 11) is 0. The van der Waals surface area contributed by atoms with E-state index in [9.17, 15) is 14.4 Å². The van der Waals surface area contributed by atoms with Crippen molar-refractivity contribution in [1.82, 2.24) is 4.90 Å². The Hall–Kier alpha value is -3.15. The van der Waals surface area contributed by atoms with Crippen molar-refractivity contribution in [3.05, 3.63) is 65.2 Å². The van der Waals surface area contributed by atoms with Crippen LogP contribution in [-0.2, 0) is 11.3 Å². The minimum atomic E-state index is -0.573. The maximum absolute atomic E-state index is 12.3. The molecule has 0 atom stereocenters. The number of fused-ring (bicyclic) bond motifs is 1. The summed E-state index contributed by atoms with van der Waals surface area (Å²) in [5.74, 6) is -0.739. The Morgan fingerprint density at radius 3 is 2.26 bits per heavy atom. The smallest absolute Gasteiger partial charge is 0.261 e. The van der Waals surface area contributed by atoms with E-state index in [0.29, 0.717) is 16.9 Å². The summed E-state index contributed by atoms with van der Waals surface area (Å²) in [6, 6.07) is 13.6. The molecule has 0 radical (unpaired) electrons. The van der Waals surface area contributed by atoms with Gasteiger partial charge in [-0.1, -0.05) is 24.3 Å². The molecule has 0 unspecified atom stereocenters. The Kier molecular flexibility index (Phi) is 3.80. The second-order valence-corrected chi connectivity index (χ2v) is 5.14. The highest BCUT2D eigenvalue weighted by Gasteiger charge is 2.34. The molecule has 0 bridgehead atoms. The molecule has 3 rings (SSSR count). The van der Waals surface area contributed by atoms with Crippen LogP contribution >= 0.6 is 0 Å². The van der Waals surface area contributed by atoms with Crippen LogP contribution in [0, 0.1) is 0 Å². The Balaban J connectivity index is 1.78. The molecule has 0 saturated heterocycles. The molecule has 1 heterocycles. The molecule has 1 aliphatic rings. The first-order valence-electron chi connectivity index (χ1n) is 7.01. The number of amides is 3. The maximum atomic E-state index is 12.3. The van der Waals surface area contributed by atoms with Gasteiger partial charge in [-0.3, -0.25) is 19.3 Å². The molecule has 0 aliphatic carbocycles. The number of ether oxygens (including phenoxy) is 1. The number of imide groups is 1. The number of carbonyl (C=O) groups is 3. The van der Waals surface area contributed by atoms with Crippen molar-refractivity contribution in [2.45, 2.75) is 6.54 Å². The first-order chi connectivity index (χ1) is 11.1. The van der Waals surface area contributed by atoms with E-state index in [1.54, 1.807) is 48.5 Å². The zero-order valence-electron chi connectivity index (χ0n) is 12.2. The second-order valence-electron chi connectivity index (χ2n) is 5.14. The van der Waals surface area contributed by atoms with E-state index in [4.69, 9.17) is 10.5 Å². The van der Waals surface area contributed by atoms with Gasteiger partial charge in [-0.05, 0) is 29.8 Å². The number of benzene rings is 2. The minimum Gasteiger partial charge on any atom is -0.484 e. The van der Waals surface area contributed by atoms with E-state index >= 15 is 0 Å². The van der Waals surface area contributed by atoms with Crippen LogP contribution in [0.5, 0.6) is 5.75 Å². The quantitative estimate of drug-likeness (QED) is 0.844. The molecule has 2 aromatic rings. The molecular formula is C17H14N2O4. The predicted octanol–water partition coefficient (Wildman–Crippen LogP) is 1.35. The van der Waals surface area contributed by atoms with Gasteiger partial charge in [-0.15, -0.1) is 0 Å². The molecule has 116 valence electrons. The monoisotopic (exact) mass is 310 g/mol. The van der Waals surface area contributed by atoms with Gasteiger partial charge >= 0.3 is 0 Å². The van der Waals surface area contributed by atoms with Crippen molar-refractivity contribution in [2.24, 2.45) is 5.73 Å². The summed E-state index contributed by atoms with van der Waals surface area (Å²) in [5.41, 5.74) is 6.59. The lowest BCUT2D eigenvalue weighted by Gasteiger charge is -2.14. The van der Waals surface area contributed by atoms with Crippen molar-refractivity contribution >= 4 is 17.7 Å². The molecule has 6 nitrogen and oxygen atoms in total. The van der Waals surface area contributed by atoms with Crippen molar-refractivity contribution in [1.29, 1.82) is 0 Å². The van der Waals surface area contributed by atoms with Gasteiger partial charge in [0.05, 0.1) is 17.7 Å². The van der Waals surface area contributed by atoms with E-state index in [1.807, 2.05) is 0 Å². The Labute approximate surface area is 132 Å². The molecule has 0 saturated carbocycles. The number of carbonyl (C=O) groups excluding carboxylic acids is 3. The van der Waals surface area contributed by atoms with E-state index in [0.717, 1.165) is 5.56 Å². The fraction of sp³-hybridized carbons (Fsp3) is 0.118. The van der Waals surface area contributed by atoms with Crippen molar-refractivity contribution in [2.75, 3.05) is 6.61 Å². The average Bonchev–Trinajstić information content (AvgIpc) is 2.79. The van der Waals surface area contributed by atoms with Crippen molar-refractivity contribution in [3.63, 3.8) is 0 Å². The molecule has 0 fully saturated rings. The largest absolute Gasteiger partial charge is 0.484 e. The summed E-state index contributed by atoms with van der Waals surface area (Å²) < 4.78 is 5.23. The van der Waals surface area contributed by atoms with Gasteiger partial charge in [0.15, 0.2) is 6.61 Å². The van der Waals surface area contributed by atoms with Crippen LogP contribution in [-0.4, -0.2) is 29.2 Å². The van der Waals surface area contributed by atoms with E-state index in [-0.39, 0.29) is 25.0 Å². The summed E-state index contributed by atoms with van der Waals surface area (Å²) in [6.45, 7) is -0.0867. The van der Waals surface area contributed by atoms with E-state index < -0.39 is 5.91 Å². The van der Waals surface area contributed by atoms with Gasteiger partial charge in [0.25, 0.3) is 17.7 Å². The Bertz CT molecular complexity index is 766. The molecule has 6 heteroatoms. The Morgan fingerprint density at radius 2 is 1.65 bits per heavy atom. The highest BCUT2D eigenvalue weighted by molar-refractivity contribution is 6.21. The van der Waals surface area contributed by atoms with Crippen LogP contribution < -0.4 is 10.5 Å². The molecule has 1 aliphatic heterocycles. The lowest BCUT2D eigenvalue weighted by molar-refractivity contribution is -0.119. The SMILES string of the molecule is NC(=O)COc1cccc(CN2C(=O)c3ccccc3C2=O)c1. The highest BCUT2D eigenvalue weighted by Crippen LogP contribution is 2.25. The van der Waals surface area contributed by atoms with Gasteiger partial charge in [0.1, 0.15) is 5.75 Å². The van der Waals surface area contributed by atoms with Gasteiger partial charge in [0.2, 0.25) is 0 Å². The first kappa shape index (κ1) is 14.8. The summed E-state index contributed by atoms with van der Waals surface area (Å²) >= 11 is 0. The van der Waals surface area contributed by atoms with Crippen LogP contribution in [0.3, 0.4) is 0 Å². The van der Waals surface area contributed by atoms with Crippen LogP contribution in [0.15, 0.2) is 48.5 Å². The number of primary amides is 1. The zero-order chi connectivity index (χ0) is 16.4. The molecule has 3 amide bonds.